The molecule has 164 valence electrons. The molecule has 1 aliphatic rings. The second-order valence-corrected chi connectivity index (χ2v) is 11.5. The van der Waals surface area contributed by atoms with E-state index in [-0.39, 0.29) is 35.7 Å². The van der Waals surface area contributed by atoms with E-state index in [1.807, 2.05) is 20.8 Å². The lowest BCUT2D eigenvalue weighted by atomic mass is 9.98. The van der Waals surface area contributed by atoms with Gasteiger partial charge in [0, 0.05) is 38.4 Å². The molecule has 8 nitrogen and oxygen atoms in total. The number of aromatic nitrogens is 1. The normalized spacial score (nSPS) is 16.5. The third-order valence-corrected chi connectivity index (χ3v) is 8.92. The van der Waals surface area contributed by atoms with Crippen LogP contribution >= 0.6 is 0 Å². The zero-order valence-electron chi connectivity index (χ0n) is 17.5. The summed E-state index contributed by atoms with van der Waals surface area (Å²) in [6, 6.07) is 4.63. The summed E-state index contributed by atoms with van der Waals surface area (Å²) in [6.45, 7) is 5.89. The van der Waals surface area contributed by atoms with E-state index >= 15 is 0 Å². The number of hydrogen-bond donors (Lipinski definition) is 1. The molecule has 1 amide bonds. The Bertz CT molecular complexity index is 1150. The van der Waals surface area contributed by atoms with Gasteiger partial charge in [-0.1, -0.05) is 0 Å². The molecular weight excluding hydrogens is 426 g/mol. The second-order valence-electron chi connectivity index (χ2n) is 7.84. The maximum atomic E-state index is 12.7. The minimum Gasteiger partial charge on any atom is -0.356 e. The standard InChI is InChI=1S/C20H27N3O5S2/c1-14-11-19(12-15(2)16(14)3)29(25,26)21-20(24)17-5-9-23(10-6-17)30(27,28)18-7-8-22(4)13-18/h7-8,11-13,17H,5-6,9-10H2,1-4H3,(H,21,24). The molecule has 0 radical (unpaired) electrons. The highest BCUT2D eigenvalue weighted by Crippen LogP contribution is 2.25. The molecule has 1 N–H and O–H groups in total. The van der Waals surface area contributed by atoms with Crippen molar-refractivity contribution in [3.8, 4) is 0 Å². The molecule has 10 heteroatoms. The SMILES string of the molecule is Cc1cc(S(=O)(=O)NC(=O)C2CCN(S(=O)(=O)c3ccn(C)c3)CC2)cc(C)c1C. The monoisotopic (exact) mass is 453 g/mol. The van der Waals surface area contributed by atoms with Crippen molar-refractivity contribution in [2.24, 2.45) is 13.0 Å². The van der Waals surface area contributed by atoms with Crippen LogP contribution in [0, 0.1) is 26.7 Å². The number of carbonyl (C=O) groups excluding carboxylic acids is 1. The van der Waals surface area contributed by atoms with Crippen LogP contribution in [0.3, 0.4) is 0 Å². The van der Waals surface area contributed by atoms with Crippen molar-refractivity contribution < 1.29 is 21.6 Å². The van der Waals surface area contributed by atoms with E-state index in [0.29, 0.717) is 0 Å². The molecule has 0 atom stereocenters. The maximum Gasteiger partial charge on any atom is 0.264 e. The van der Waals surface area contributed by atoms with Gasteiger partial charge in [0.05, 0.1) is 9.79 Å². The largest absolute Gasteiger partial charge is 0.356 e. The van der Waals surface area contributed by atoms with E-state index in [9.17, 15) is 21.6 Å². The maximum absolute atomic E-state index is 12.7. The van der Waals surface area contributed by atoms with Crippen molar-refractivity contribution in [3.05, 3.63) is 47.3 Å². The fraction of sp³-hybridized carbons (Fsp3) is 0.450. The highest BCUT2D eigenvalue weighted by molar-refractivity contribution is 7.90. The number of carbonyl (C=O) groups is 1. The van der Waals surface area contributed by atoms with Crippen molar-refractivity contribution in [1.29, 1.82) is 0 Å². The average Bonchev–Trinajstić information content (AvgIpc) is 3.12. The second kappa shape index (κ2) is 8.16. The van der Waals surface area contributed by atoms with Gasteiger partial charge < -0.3 is 4.57 Å². The van der Waals surface area contributed by atoms with E-state index in [1.165, 1.54) is 16.6 Å². The molecule has 0 unspecified atom stereocenters. The van der Waals surface area contributed by atoms with E-state index < -0.39 is 31.9 Å². The molecule has 1 fully saturated rings. The van der Waals surface area contributed by atoms with Crippen LogP contribution in [0.1, 0.15) is 29.5 Å². The van der Waals surface area contributed by atoms with Crippen LogP contribution in [0.25, 0.3) is 0 Å². The van der Waals surface area contributed by atoms with Crippen molar-refractivity contribution in [2.75, 3.05) is 13.1 Å². The lowest BCUT2D eigenvalue weighted by Gasteiger charge is -2.30. The molecule has 2 heterocycles. The molecule has 1 aromatic heterocycles. The summed E-state index contributed by atoms with van der Waals surface area (Å²) in [6.07, 6.45) is 3.72. The molecule has 0 aliphatic carbocycles. The van der Waals surface area contributed by atoms with Crippen molar-refractivity contribution >= 4 is 26.0 Å². The first-order valence-electron chi connectivity index (χ1n) is 9.68. The zero-order chi connectivity index (χ0) is 22.3. The predicted molar refractivity (Wildman–Crippen MR) is 113 cm³/mol. The number of aryl methyl sites for hydroxylation is 3. The van der Waals surface area contributed by atoms with Gasteiger partial charge in [0.15, 0.2) is 0 Å². The Morgan fingerprint density at radius 1 is 1.00 bits per heavy atom. The van der Waals surface area contributed by atoms with Crippen LogP contribution in [0.5, 0.6) is 0 Å². The lowest BCUT2D eigenvalue weighted by Crippen LogP contribution is -2.44. The van der Waals surface area contributed by atoms with E-state index in [2.05, 4.69) is 4.72 Å². The number of hydrogen-bond acceptors (Lipinski definition) is 5. The van der Waals surface area contributed by atoms with Crippen LogP contribution in [0.4, 0.5) is 0 Å². The van der Waals surface area contributed by atoms with Gasteiger partial charge in [0.2, 0.25) is 15.9 Å². The van der Waals surface area contributed by atoms with Gasteiger partial charge in [-0.05, 0) is 68.5 Å². The third-order valence-electron chi connectivity index (χ3n) is 5.71. The first-order valence-corrected chi connectivity index (χ1v) is 12.6. The topological polar surface area (TPSA) is 106 Å². The Hall–Kier alpha value is -2.17. The summed E-state index contributed by atoms with van der Waals surface area (Å²) in [5.41, 5.74) is 2.68. The van der Waals surface area contributed by atoms with Crippen LogP contribution in [-0.4, -0.2) is 44.7 Å². The van der Waals surface area contributed by atoms with Gasteiger partial charge >= 0.3 is 0 Å². The summed E-state index contributed by atoms with van der Waals surface area (Å²) < 4.78 is 55.9. The molecule has 1 saturated heterocycles. The van der Waals surface area contributed by atoms with Crippen LogP contribution < -0.4 is 4.72 Å². The summed E-state index contributed by atoms with van der Waals surface area (Å²) in [5.74, 6) is -1.16. The molecule has 0 saturated carbocycles. The Labute approximate surface area is 178 Å². The number of benzene rings is 1. The summed E-state index contributed by atoms with van der Waals surface area (Å²) in [4.78, 5) is 12.9. The predicted octanol–water partition coefficient (Wildman–Crippen LogP) is 1.86. The Morgan fingerprint density at radius 2 is 1.57 bits per heavy atom. The van der Waals surface area contributed by atoms with Crippen LogP contribution in [-0.2, 0) is 31.9 Å². The van der Waals surface area contributed by atoms with E-state index in [4.69, 9.17) is 0 Å². The van der Waals surface area contributed by atoms with E-state index in [0.717, 1.165) is 16.7 Å². The quantitative estimate of drug-likeness (QED) is 0.744. The zero-order valence-corrected chi connectivity index (χ0v) is 19.2. The summed E-state index contributed by atoms with van der Waals surface area (Å²) >= 11 is 0. The molecule has 0 bridgehead atoms. The van der Waals surface area contributed by atoms with Crippen LogP contribution in [0.15, 0.2) is 40.4 Å². The third kappa shape index (κ3) is 4.45. The lowest BCUT2D eigenvalue weighted by molar-refractivity contribution is -0.124. The van der Waals surface area contributed by atoms with Gasteiger partial charge in [-0.15, -0.1) is 0 Å². The molecule has 0 spiro atoms. The molecule has 1 aliphatic heterocycles. The Balaban J connectivity index is 1.67. The molecule has 1 aromatic carbocycles. The fourth-order valence-corrected chi connectivity index (χ4v) is 6.30. The van der Waals surface area contributed by atoms with Gasteiger partial charge in [-0.25, -0.2) is 21.6 Å². The first kappa shape index (κ1) is 22.5. The van der Waals surface area contributed by atoms with Gasteiger partial charge in [0.1, 0.15) is 0 Å². The summed E-state index contributed by atoms with van der Waals surface area (Å²) in [7, 11) is -5.86. The number of nitrogens with one attached hydrogen (secondary N) is 1. The van der Waals surface area contributed by atoms with Gasteiger partial charge in [-0.3, -0.25) is 4.79 Å². The number of piperidine rings is 1. The first-order chi connectivity index (χ1) is 13.9. The number of sulfonamides is 2. The van der Waals surface area contributed by atoms with Crippen molar-refractivity contribution in [2.45, 2.75) is 43.4 Å². The number of amides is 1. The Kier molecular flexibility index (Phi) is 6.13. The number of nitrogens with zero attached hydrogens (tertiary/aromatic N) is 2. The highest BCUT2D eigenvalue weighted by Gasteiger charge is 2.34. The smallest absolute Gasteiger partial charge is 0.264 e. The van der Waals surface area contributed by atoms with Crippen molar-refractivity contribution in [3.63, 3.8) is 0 Å². The van der Waals surface area contributed by atoms with Gasteiger partial charge in [-0.2, -0.15) is 4.31 Å². The van der Waals surface area contributed by atoms with Gasteiger partial charge in [0.25, 0.3) is 10.0 Å². The van der Waals surface area contributed by atoms with E-state index in [1.54, 1.807) is 29.9 Å². The molecular formula is C20H27N3O5S2. The molecule has 2 aromatic rings. The minimum atomic E-state index is -3.99. The molecule has 30 heavy (non-hydrogen) atoms. The summed E-state index contributed by atoms with van der Waals surface area (Å²) in [5, 5.41) is 0. The average molecular weight is 454 g/mol. The number of rotatable bonds is 5. The minimum absolute atomic E-state index is 0.0561. The van der Waals surface area contributed by atoms with Crippen molar-refractivity contribution in [1.82, 2.24) is 13.6 Å². The van der Waals surface area contributed by atoms with Crippen LogP contribution in [0.2, 0.25) is 0 Å². The Morgan fingerprint density at radius 3 is 2.07 bits per heavy atom. The highest BCUT2D eigenvalue weighted by atomic mass is 32.2. The fourth-order valence-electron chi connectivity index (χ4n) is 3.56. The molecule has 3 rings (SSSR count).